The van der Waals surface area contributed by atoms with Crippen LogP contribution in [0.25, 0.3) is 5.69 Å². The Morgan fingerprint density at radius 2 is 1.81 bits per heavy atom. The summed E-state index contributed by atoms with van der Waals surface area (Å²) >= 11 is 0. The molecule has 0 bridgehead atoms. The predicted octanol–water partition coefficient (Wildman–Crippen LogP) is 3.72. The molecular formula is C23H23FN4O3. The summed E-state index contributed by atoms with van der Waals surface area (Å²) in [5.74, 6) is -1.60. The fourth-order valence-corrected chi connectivity index (χ4v) is 3.15. The van der Waals surface area contributed by atoms with Crippen LogP contribution in [0, 0.1) is 19.7 Å². The third-order valence-corrected chi connectivity index (χ3v) is 4.57. The van der Waals surface area contributed by atoms with Crippen LogP contribution in [-0.4, -0.2) is 29.2 Å². The zero-order chi connectivity index (χ0) is 22.4. The van der Waals surface area contributed by atoms with Gasteiger partial charge in [0, 0.05) is 22.6 Å². The third kappa shape index (κ3) is 5.16. The van der Waals surface area contributed by atoms with E-state index in [9.17, 15) is 14.0 Å². The van der Waals surface area contributed by atoms with E-state index in [2.05, 4.69) is 15.8 Å². The quantitative estimate of drug-likeness (QED) is 0.361. The van der Waals surface area contributed by atoms with Crippen molar-refractivity contribution in [2.24, 2.45) is 5.10 Å². The minimum absolute atomic E-state index is 0.308. The van der Waals surface area contributed by atoms with Crippen molar-refractivity contribution in [1.82, 2.24) is 9.99 Å². The van der Waals surface area contributed by atoms with E-state index in [1.807, 2.05) is 31.4 Å². The van der Waals surface area contributed by atoms with Gasteiger partial charge in [0.25, 0.3) is 0 Å². The fraction of sp³-hybridized carbons (Fsp3) is 0.174. The molecule has 1 heterocycles. The van der Waals surface area contributed by atoms with Crippen molar-refractivity contribution in [1.29, 1.82) is 0 Å². The summed E-state index contributed by atoms with van der Waals surface area (Å²) in [6.07, 6.45) is 1.46. The first kappa shape index (κ1) is 21.8. The van der Waals surface area contributed by atoms with Crippen LogP contribution < -0.4 is 15.5 Å². The highest BCUT2D eigenvalue weighted by Gasteiger charge is 2.15. The Morgan fingerprint density at radius 1 is 1.10 bits per heavy atom. The van der Waals surface area contributed by atoms with E-state index in [-0.39, 0.29) is 5.82 Å². The van der Waals surface area contributed by atoms with Gasteiger partial charge in [-0.1, -0.05) is 12.1 Å². The van der Waals surface area contributed by atoms with Crippen LogP contribution in [-0.2, 0) is 9.59 Å². The lowest BCUT2D eigenvalue weighted by atomic mass is 10.2. The van der Waals surface area contributed by atoms with Crippen molar-refractivity contribution in [3.05, 3.63) is 77.4 Å². The molecule has 3 aromatic rings. The Labute approximate surface area is 179 Å². The molecule has 0 aliphatic heterocycles. The molecule has 0 fully saturated rings. The zero-order valence-corrected chi connectivity index (χ0v) is 17.5. The molecule has 0 saturated heterocycles. The topological polar surface area (TPSA) is 84.7 Å². The first-order valence-corrected chi connectivity index (χ1v) is 9.71. The molecule has 160 valence electrons. The second-order valence-electron chi connectivity index (χ2n) is 6.72. The Morgan fingerprint density at radius 3 is 2.52 bits per heavy atom. The highest BCUT2D eigenvalue weighted by molar-refractivity contribution is 6.39. The standard InChI is InChI=1S/C23H23FN4O3/c1-4-31-21-8-6-5-7-20(21)26-22(29)23(30)27-25-14-17-13-15(2)28(16(17)3)19-11-9-18(24)10-12-19/h5-14H,4H2,1-3H3,(H,26,29)(H,27,30)/b25-14-. The first-order chi connectivity index (χ1) is 14.9. The lowest BCUT2D eigenvalue weighted by Crippen LogP contribution is -2.32. The molecule has 2 N–H and O–H groups in total. The van der Waals surface area contributed by atoms with Gasteiger partial charge in [-0.05, 0) is 63.2 Å². The molecule has 3 rings (SSSR count). The number of hydrogen-bond donors (Lipinski definition) is 2. The predicted molar refractivity (Wildman–Crippen MR) is 117 cm³/mol. The lowest BCUT2D eigenvalue weighted by molar-refractivity contribution is -0.136. The molecule has 0 aliphatic rings. The van der Waals surface area contributed by atoms with Gasteiger partial charge in [0.05, 0.1) is 18.5 Å². The van der Waals surface area contributed by atoms with Crippen molar-refractivity contribution in [2.75, 3.05) is 11.9 Å². The summed E-state index contributed by atoms with van der Waals surface area (Å²) in [5, 5.41) is 6.41. The van der Waals surface area contributed by atoms with Crippen LogP contribution in [0.1, 0.15) is 23.9 Å². The highest BCUT2D eigenvalue weighted by Crippen LogP contribution is 2.23. The molecule has 7 nitrogen and oxygen atoms in total. The van der Waals surface area contributed by atoms with Gasteiger partial charge in [0.15, 0.2) is 0 Å². The number of nitrogens with one attached hydrogen (secondary N) is 2. The molecule has 8 heteroatoms. The summed E-state index contributed by atoms with van der Waals surface area (Å²) in [6.45, 7) is 6.05. The second-order valence-corrected chi connectivity index (χ2v) is 6.72. The van der Waals surface area contributed by atoms with Crippen LogP contribution in [0.3, 0.4) is 0 Å². The Bertz CT molecular complexity index is 1120. The molecule has 2 aromatic carbocycles. The number of rotatable bonds is 6. The van der Waals surface area contributed by atoms with Crippen molar-refractivity contribution < 1.29 is 18.7 Å². The van der Waals surface area contributed by atoms with E-state index in [0.29, 0.717) is 18.0 Å². The van der Waals surface area contributed by atoms with Gasteiger partial charge in [0.1, 0.15) is 11.6 Å². The molecule has 0 unspecified atom stereocenters. The third-order valence-electron chi connectivity index (χ3n) is 4.57. The van der Waals surface area contributed by atoms with E-state index >= 15 is 0 Å². The van der Waals surface area contributed by atoms with Crippen LogP contribution in [0.2, 0.25) is 0 Å². The highest BCUT2D eigenvalue weighted by atomic mass is 19.1. The van der Waals surface area contributed by atoms with Gasteiger partial charge in [-0.25, -0.2) is 9.82 Å². The van der Waals surface area contributed by atoms with Gasteiger partial charge < -0.3 is 14.6 Å². The van der Waals surface area contributed by atoms with E-state index in [4.69, 9.17) is 4.74 Å². The Hall–Kier alpha value is -3.94. The second kappa shape index (κ2) is 9.71. The number of amides is 2. The normalized spacial score (nSPS) is 10.8. The van der Waals surface area contributed by atoms with Crippen LogP contribution >= 0.6 is 0 Å². The number of carbonyl (C=O) groups excluding carboxylic acids is 2. The number of hydrazone groups is 1. The number of anilines is 1. The maximum atomic E-state index is 13.2. The van der Waals surface area contributed by atoms with E-state index in [1.54, 1.807) is 36.4 Å². The van der Waals surface area contributed by atoms with Crippen molar-refractivity contribution in [3.8, 4) is 11.4 Å². The van der Waals surface area contributed by atoms with Crippen LogP contribution in [0.15, 0.2) is 59.7 Å². The maximum Gasteiger partial charge on any atom is 0.329 e. The summed E-state index contributed by atoms with van der Waals surface area (Å²) in [5.41, 5.74) is 5.97. The number of aromatic nitrogens is 1. The number of halogens is 1. The molecule has 1 aromatic heterocycles. The number of aryl methyl sites for hydroxylation is 1. The SMILES string of the molecule is CCOc1ccccc1NC(=O)C(=O)N/N=C\c1cc(C)n(-c2ccc(F)cc2)c1C. The number of para-hydroxylation sites is 2. The summed E-state index contributed by atoms with van der Waals surface area (Å²) in [4.78, 5) is 24.3. The molecular weight excluding hydrogens is 399 g/mol. The van der Waals surface area contributed by atoms with Gasteiger partial charge in [-0.15, -0.1) is 0 Å². The van der Waals surface area contributed by atoms with Crippen LogP contribution in [0.5, 0.6) is 5.75 Å². The molecule has 0 radical (unpaired) electrons. The number of ether oxygens (including phenoxy) is 1. The molecule has 0 saturated carbocycles. The Kier molecular flexibility index (Phi) is 6.81. The maximum absolute atomic E-state index is 13.2. The van der Waals surface area contributed by atoms with Crippen molar-refractivity contribution in [3.63, 3.8) is 0 Å². The van der Waals surface area contributed by atoms with Gasteiger partial charge in [-0.3, -0.25) is 9.59 Å². The minimum Gasteiger partial charge on any atom is -0.492 e. The number of carbonyl (C=O) groups is 2. The van der Waals surface area contributed by atoms with Crippen molar-refractivity contribution in [2.45, 2.75) is 20.8 Å². The van der Waals surface area contributed by atoms with E-state index in [1.165, 1.54) is 18.3 Å². The van der Waals surface area contributed by atoms with Crippen molar-refractivity contribution >= 4 is 23.7 Å². The average molecular weight is 422 g/mol. The molecule has 0 aliphatic carbocycles. The van der Waals surface area contributed by atoms with E-state index < -0.39 is 11.8 Å². The zero-order valence-electron chi connectivity index (χ0n) is 17.5. The monoisotopic (exact) mass is 422 g/mol. The van der Waals surface area contributed by atoms with E-state index in [0.717, 1.165) is 22.6 Å². The summed E-state index contributed by atoms with van der Waals surface area (Å²) in [6, 6.07) is 14.9. The first-order valence-electron chi connectivity index (χ1n) is 9.71. The van der Waals surface area contributed by atoms with Gasteiger partial charge >= 0.3 is 11.8 Å². The smallest absolute Gasteiger partial charge is 0.329 e. The Balaban J connectivity index is 1.67. The number of benzene rings is 2. The molecule has 31 heavy (non-hydrogen) atoms. The molecule has 2 amide bonds. The lowest BCUT2D eigenvalue weighted by Gasteiger charge is -2.10. The molecule has 0 spiro atoms. The molecule has 0 atom stereocenters. The average Bonchev–Trinajstić information content (AvgIpc) is 3.03. The summed E-state index contributed by atoms with van der Waals surface area (Å²) < 4.78 is 20.6. The number of nitrogens with zero attached hydrogens (tertiary/aromatic N) is 2. The summed E-state index contributed by atoms with van der Waals surface area (Å²) in [7, 11) is 0. The fourth-order valence-electron chi connectivity index (χ4n) is 3.15. The van der Waals surface area contributed by atoms with Gasteiger partial charge in [0.2, 0.25) is 0 Å². The number of hydrogen-bond acceptors (Lipinski definition) is 4. The largest absolute Gasteiger partial charge is 0.492 e. The minimum atomic E-state index is -0.908. The van der Waals surface area contributed by atoms with Crippen LogP contribution in [0.4, 0.5) is 10.1 Å². The van der Waals surface area contributed by atoms with Gasteiger partial charge in [-0.2, -0.15) is 5.10 Å².